The van der Waals surface area contributed by atoms with Gasteiger partial charge < -0.3 is 14.8 Å². The molecule has 0 amide bonds. The lowest BCUT2D eigenvalue weighted by Crippen LogP contribution is -2.12. The van der Waals surface area contributed by atoms with Crippen molar-refractivity contribution in [2.24, 2.45) is 5.92 Å². The third-order valence-electron chi connectivity index (χ3n) is 5.02. The van der Waals surface area contributed by atoms with E-state index in [9.17, 15) is 10.2 Å². The van der Waals surface area contributed by atoms with Crippen molar-refractivity contribution < 1.29 is 10.2 Å². The van der Waals surface area contributed by atoms with Crippen molar-refractivity contribution in [3.05, 3.63) is 36.3 Å². The molecule has 0 fully saturated rings. The molecule has 0 unspecified atom stereocenters. The second kappa shape index (κ2) is 7.77. The molecule has 3 aromatic rings. The van der Waals surface area contributed by atoms with Crippen LogP contribution in [0.3, 0.4) is 0 Å². The van der Waals surface area contributed by atoms with Crippen LogP contribution in [0.4, 0.5) is 0 Å². The molecular weight excluding hydrogens is 326 g/mol. The summed E-state index contributed by atoms with van der Waals surface area (Å²) in [7, 11) is 0. The van der Waals surface area contributed by atoms with Crippen LogP contribution >= 0.6 is 0 Å². The Balaban J connectivity index is 2.16. The van der Waals surface area contributed by atoms with Crippen molar-refractivity contribution in [2.45, 2.75) is 53.0 Å². The van der Waals surface area contributed by atoms with Crippen LogP contribution in [0.2, 0.25) is 0 Å². The minimum absolute atomic E-state index is 0.0698. The van der Waals surface area contributed by atoms with Gasteiger partial charge in [-0.05, 0) is 37.5 Å². The smallest absolute Gasteiger partial charge is 0.144 e. The lowest BCUT2D eigenvalue weighted by molar-refractivity contribution is 0.395. The maximum Gasteiger partial charge on any atom is 0.144 e. The number of fused-ring (bicyclic) bond motifs is 1. The van der Waals surface area contributed by atoms with Crippen LogP contribution in [-0.4, -0.2) is 24.7 Å². The van der Waals surface area contributed by atoms with E-state index in [1.54, 1.807) is 18.2 Å². The Morgan fingerprint density at radius 2 is 1.88 bits per heavy atom. The number of phenols is 2. The fraction of sp³-hybridized carbons (Fsp3) is 0.429. The summed E-state index contributed by atoms with van der Waals surface area (Å²) in [4.78, 5) is 8.94. The molecule has 0 spiro atoms. The number of aromatic nitrogens is 3. The van der Waals surface area contributed by atoms with Crippen molar-refractivity contribution in [1.82, 2.24) is 14.5 Å². The molecule has 138 valence electrons. The van der Waals surface area contributed by atoms with Gasteiger partial charge >= 0.3 is 0 Å². The van der Waals surface area contributed by atoms with Crippen LogP contribution in [0.5, 0.6) is 11.5 Å². The molecule has 1 atom stereocenters. The molecule has 0 aliphatic carbocycles. The molecule has 2 heterocycles. The zero-order valence-corrected chi connectivity index (χ0v) is 15.7. The Kier molecular flexibility index (Phi) is 5.45. The Morgan fingerprint density at radius 3 is 2.54 bits per heavy atom. The van der Waals surface area contributed by atoms with E-state index in [0.717, 1.165) is 36.1 Å². The minimum Gasteiger partial charge on any atom is -0.507 e. The summed E-state index contributed by atoms with van der Waals surface area (Å²) in [5.41, 5.74) is 2.09. The maximum atomic E-state index is 10.4. The topological polar surface area (TPSA) is 71.2 Å². The second-order valence-corrected chi connectivity index (χ2v) is 6.92. The average molecular weight is 353 g/mol. The van der Waals surface area contributed by atoms with E-state index in [1.807, 2.05) is 19.2 Å². The average Bonchev–Trinajstić information content (AvgIpc) is 2.95. The van der Waals surface area contributed by atoms with E-state index in [1.165, 1.54) is 12.8 Å². The highest BCUT2D eigenvalue weighted by molar-refractivity contribution is 5.87. The molecule has 0 saturated heterocycles. The van der Waals surface area contributed by atoms with Gasteiger partial charge in [0.1, 0.15) is 23.0 Å². The van der Waals surface area contributed by atoms with Crippen LogP contribution in [0.15, 0.2) is 30.5 Å². The Morgan fingerprint density at radius 1 is 1.15 bits per heavy atom. The number of aromatic hydroxyl groups is 2. The number of phenolic OH excluding ortho intramolecular Hbond substituents is 2. The molecule has 0 saturated carbocycles. The summed E-state index contributed by atoms with van der Waals surface area (Å²) in [5.74, 6) is 1.37. The first-order valence-corrected chi connectivity index (χ1v) is 9.39. The van der Waals surface area contributed by atoms with Crippen LogP contribution in [0, 0.1) is 12.8 Å². The second-order valence-electron chi connectivity index (χ2n) is 6.92. The number of hydrogen-bond donors (Lipinski definition) is 2. The molecular formula is C21H27N3O2. The quantitative estimate of drug-likeness (QED) is 0.624. The van der Waals surface area contributed by atoms with Crippen molar-refractivity contribution in [1.29, 1.82) is 0 Å². The summed E-state index contributed by atoms with van der Waals surface area (Å²) in [5, 5.41) is 21.7. The summed E-state index contributed by atoms with van der Waals surface area (Å²) >= 11 is 0. The lowest BCUT2D eigenvalue weighted by Gasteiger charge is -2.19. The first kappa shape index (κ1) is 18.2. The van der Waals surface area contributed by atoms with E-state index < -0.39 is 0 Å². The van der Waals surface area contributed by atoms with Gasteiger partial charge in [0, 0.05) is 18.1 Å². The van der Waals surface area contributed by atoms with Crippen LogP contribution in [0.1, 0.15) is 45.4 Å². The van der Waals surface area contributed by atoms with E-state index in [0.29, 0.717) is 17.3 Å². The van der Waals surface area contributed by atoms with E-state index in [-0.39, 0.29) is 11.5 Å². The minimum atomic E-state index is 0.0698. The van der Waals surface area contributed by atoms with Gasteiger partial charge in [0.25, 0.3) is 0 Å². The standard InChI is InChI=1S/C21H27N3O2/c1-4-6-8-15(5-2)13-24-17(20-18(25)9-7-10-19(20)26)11-16-12-22-14(3)23-21(16)24/h7,9-12,15,25-26H,4-6,8,13H2,1-3H3/t15-/m0/s1. The summed E-state index contributed by atoms with van der Waals surface area (Å²) in [6, 6.07) is 6.79. The van der Waals surface area contributed by atoms with E-state index in [4.69, 9.17) is 0 Å². The summed E-state index contributed by atoms with van der Waals surface area (Å²) < 4.78 is 2.13. The molecule has 2 N–H and O–H groups in total. The zero-order valence-electron chi connectivity index (χ0n) is 15.7. The Labute approximate surface area is 154 Å². The first-order chi connectivity index (χ1) is 12.5. The number of benzene rings is 1. The monoisotopic (exact) mass is 353 g/mol. The van der Waals surface area contributed by atoms with E-state index in [2.05, 4.69) is 28.4 Å². The number of unbranched alkanes of at least 4 members (excludes halogenated alkanes) is 1. The molecule has 26 heavy (non-hydrogen) atoms. The fourth-order valence-corrected chi connectivity index (χ4v) is 3.48. The van der Waals surface area contributed by atoms with Gasteiger partial charge in [-0.25, -0.2) is 9.97 Å². The van der Waals surface area contributed by atoms with Crippen molar-refractivity contribution in [3.63, 3.8) is 0 Å². The molecule has 3 rings (SSSR count). The molecule has 0 aliphatic heterocycles. The van der Waals surface area contributed by atoms with Gasteiger partial charge in [-0.2, -0.15) is 0 Å². The molecule has 0 aliphatic rings. The summed E-state index contributed by atoms with van der Waals surface area (Å²) in [6.45, 7) is 7.10. The van der Waals surface area contributed by atoms with Crippen molar-refractivity contribution in [3.8, 4) is 22.8 Å². The highest BCUT2D eigenvalue weighted by Crippen LogP contribution is 2.39. The molecule has 0 radical (unpaired) electrons. The van der Waals surface area contributed by atoms with Crippen LogP contribution in [0.25, 0.3) is 22.3 Å². The van der Waals surface area contributed by atoms with Crippen molar-refractivity contribution in [2.75, 3.05) is 0 Å². The molecule has 5 heteroatoms. The molecule has 0 bridgehead atoms. The largest absolute Gasteiger partial charge is 0.507 e. The third-order valence-corrected chi connectivity index (χ3v) is 5.02. The van der Waals surface area contributed by atoms with Gasteiger partial charge in [-0.1, -0.05) is 39.2 Å². The Hall–Kier alpha value is -2.56. The Bertz CT molecular complexity index is 881. The molecule has 5 nitrogen and oxygen atoms in total. The normalized spacial score (nSPS) is 12.6. The number of hydrogen-bond acceptors (Lipinski definition) is 4. The first-order valence-electron chi connectivity index (χ1n) is 9.39. The van der Waals surface area contributed by atoms with Crippen LogP contribution < -0.4 is 0 Å². The lowest BCUT2D eigenvalue weighted by atomic mass is 9.99. The fourth-order valence-electron chi connectivity index (χ4n) is 3.48. The third kappa shape index (κ3) is 3.52. The number of rotatable bonds is 7. The maximum absolute atomic E-state index is 10.4. The predicted molar refractivity (Wildman–Crippen MR) is 104 cm³/mol. The predicted octanol–water partition coefficient (Wildman–Crippen LogP) is 5.03. The number of aryl methyl sites for hydroxylation is 1. The van der Waals surface area contributed by atoms with Gasteiger partial charge in [-0.15, -0.1) is 0 Å². The SMILES string of the molecule is CCCC[C@H](CC)Cn1c(-c2c(O)cccc2O)cc2cnc(C)nc21. The van der Waals surface area contributed by atoms with Crippen molar-refractivity contribution >= 4 is 11.0 Å². The molecule has 1 aromatic carbocycles. The van der Waals surface area contributed by atoms with Gasteiger partial charge in [0.2, 0.25) is 0 Å². The molecule has 2 aromatic heterocycles. The van der Waals surface area contributed by atoms with Gasteiger partial charge in [0.15, 0.2) is 0 Å². The highest BCUT2D eigenvalue weighted by Gasteiger charge is 2.20. The van der Waals surface area contributed by atoms with Gasteiger partial charge in [0.05, 0.1) is 11.3 Å². The summed E-state index contributed by atoms with van der Waals surface area (Å²) in [6.07, 6.45) is 6.42. The van der Waals surface area contributed by atoms with E-state index >= 15 is 0 Å². The highest BCUT2D eigenvalue weighted by atomic mass is 16.3. The zero-order chi connectivity index (χ0) is 18.7. The number of nitrogens with zero attached hydrogens (tertiary/aromatic N) is 3. The van der Waals surface area contributed by atoms with Crippen LogP contribution in [-0.2, 0) is 6.54 Å². The van der Waals surface area contributed by atoms with Gasteiger partial charge in [-0.3, -0.25) is 0 Å².